The Balaban J connectivity index is 2.88. The van der Waals surface area contributed by atoms with Crippen LogP contribution in [0.1, 0.15) is 30.1 Å². The molecule has 0 aliphatic carbocycles. The lowest BCUT2D eigenvalue weighted by Gasteiger charge is -2.15. The molecule has 4 N–H and O–H groups in total. The second kappa shape index (κ2) is 8.97. The summed E-state index contributed by atoms with van der Waals surface area (Å²) in [5, 5.41) is 11.4. The molecule has 0 fully saturated rings. The second-order valence-electron chi connectivity index (χ2n) is 5.05. The monoisotopic (exact) mass is 358 g/mol. The zero-order valence-electron chi connectivity index (χ0n) is 13.3. The number of ether oxygens (including phenoxy) is 2. The molecule has 1 atom stereocenters. The van der Waals surface area contributed by atoms with Crippen LogP contribution < -0.4 is 20.5 Å². The Kier molecular flexibility index (Phi) is 7.31. The Morgan fingerprint density at radius 1 is 1.38 bits per heavy atom. The van der Waals surface area contributed by atoms with Crippen LogP contribution in [0.2, 0.25) is 5.02 Å². The first-order valence-corrected chi connectivity index (χ1v) is 7.43. The Hall–Kier alpha value is -2.48. The number of hydrogen-bond donors (Lipinski definition) is 3. The van der Waals surface area contributed by atoms with Crippen molar-refractivity contribution in [2.24, 2.45) is 5.73 Å². The van der Waals surface area contributed by atoms with E-state index >= 15 is 0 Å². The van der Waals surface area contributed by atoms with Crippen LogP contribution in [0.4, 0.5) is 0 Å². The minimum absolute atomic E-state index is 0.0502. The van der Waals surface area contributed by atoms with E-state index in [9.17, 15) is 14.4 Å². The number of hydrogen-bond acceptors (Lipinski definition) is 5. The van der Waals surface area contributed by atoms with Gasteiger partial charge in [0.15, 0.2) is 18.1 Å². The van der Waals surface area contributed by atoms with E-state index in [-0.39, 0.29) is 41.2 Å². The summed E-state index contributed by atoms with van der Waals surface area (Å²) in [5.41, 5.74) is 5.22. The van der Waals surface area contributed by atoms with Crippen molar-refractivity contribution < 1.29 is 29.0 Å². The van der Waals surface area contributed by atoms with Crippen LogP contribution in [0.25, 0.3) is 0 Å². The standard InChI is InChI=1S/C15H19ClN2O6/c1-8(3-4-13(20)21)18-15(22)9-5-10(16)14(11(6-9)23-2)24-7-12(17)19/h5-6,8H,3-4,7H2,1-2H3,(H2,17,19)(H,18,22)(H,20,21). The lowest BCUT2D eigenvalue weighted by Crippen LogP contribution is -2.33. The van der Waals surface area contributed by atoms with Crippen LogP contribution >= 0.6 is 11.6 Å². The lowest BCUT2D eigenvalue weighted by atomic mass is 10.1. The number of aliphatic carboxylic acids is 1. The van der Waals surface area contributed by atoms with Gasteiger partial charge >= 0.3 is 5.97 Å². The van der Waals surface area contributed by atoms with Gasteiger partial charge in [0.2, 0.25) is 0 Å². The van der Waals surface area contributed by atoms with Crippen molar-refractivity contribution in [1.82, 2.24) is 5.32 Å². The number of nitrogens with one attached hydrogen (secondary N) is 1. The number of rotatable bonds is 9. The number of primary amides is 1. The van der Waals surface area contributed by atoms with Gasteiger partial charge in [0.1, 0.15) is 0 Å². The Morgan fingerprint density at radius 3 is 2.58 bits per heavy atom. The van der Waals surface area contributed by atoms with Gasteiger partial charge in [-0.25, -0.2) is 0 Å². The maximum Gasteiger partial charge on any atom is 0.303 e. The highest BCUT2D eigenvalue weighted by atomic mass is 35.5. The first kappa shape index (κ1) is 19.6. The number of amides is 2. The highest BCUT2D eigenvalue weighted by molar-refractivity contribution is 6.32. The zero-order valence-corrected chi connectivity index (χ0v) is 14.1. The number of carbonyl (C=O) groups excluding carboxylic acids is 2. The van der Waals surface area contributed by atoms with Crippen molar-refractivity contribution in [2.45, 2.75) is 25.8 Å². The third kappa shape index (κ3) is 5.96. The second-order valence-corrected chi connectivity index (χ2v) is 5.46. The van der Waals surface area contributed by atoms with Crippen LogP contribution in [-0.4, -0.2) is 42.6 Å². The summed E-state index contributed by atoms with van der Waals surface area (Å²) in [5.74, 6) is -1.77. The van der Waals surface area contributed by atoms with E-state index in [4.69, 9.17) is 31.9 Å². The molecule has 2 amide bonds. The molecule has 0 aromatic heterocycles. The molecule has 1 aromatic rings. The Bertz CT molecular complexity index is 635. The van der Waals surface area contributed by atoms with Gasteiger partial charge in [-0.1, -0.05) is 11.6 Å². The smallest absolute Gasteiger partial charge is 0.303 e. The van der Waals surface area contributed by atoms with Gasteiger partial charge in [-0.2, -0.15) is 0 Å². The van der Waals surface area contributed by atoms with Gasteiger partial charge in [-0.05, 0) is 25.5 Å². The summed E-state index contributed by atoms with van der Waals surface area (Å²) in [4.78, 5) is 33.5. The van der Waals surface area contributed by atoms with E-state index < -0.39 is 17.8 Å². The van der Waals surface area contributed by atoms with Crippen molar-refractivity contribution in [2.75, 3.05) is 13.7 Å². The minimum atomic E-state index is -0.934. The van der Waals surface area contributed by atoms with Gasteiger partial charge in [0.05, 0.1) is 12.1 Å². The summed E-state index contributed by atoms with van der Waals surface area (Å²) in [6.07, 6.45) is 0.247. The molecule has 0 heterocycles. The van der Waals surface area contributed by atoms with Gasteiger partial charge in [-0.3, -0.25) is 14.4 Å². The maximum atomic E-state index is 12.2. The van der Waals surface area contributed by atoms with Crippen molar-refractivity contribution in [1.29, 1.82) is 0 Å². The van der Waals surface area contributed by atoms with Crippen LogP contribution in [-0.2, 0) is 9.59 Å². The lowest BCUT2D eigenvalue weighted by molar-refractivity contribution is -0.137. The first-order chi connectivity index (χ1) is 11.2. The molecule has 8 nitrogen and oxygen atoms in total. The molecule has 9 heteroatoms. The number of benzene rings is 1. The van der Waals surface area contributed by atoms with E-state index in [2.05, 4.69) is 5.32 Å². The van der Waals surface area contributed by atoms with Crippen LogP contribution in [0, 0.1) is 0 Å². The number of halogens is 1. The maximum absolute atomic E-state index is 12.2. The summed E-state index contributed by atoms with van der Waals surface area (Å²) < 4.78 is 10.3. The molecule has 0 saturated carbocycles. The number of carboxylic acids is 1. The third-order valence-electron chi connectivity index (χ3n) is 3.02. The first-order valence-electron chi connectivity index (χ1n) is 7.05. The SMILES string of the molecule is COc1cc(C(=O)NC(C)CCC(=O)O)cc(Cl)c1OCC(N)=O. The summed E-state index contributed by atoms with van der Waals surface area (Å²) >= 11 is 6.07. The van der Waals surface area contributed by atoms with E-state index in [1.54, 1.807) is 6.92 Å². The molecule has 0 bridgehead atoms. The fourth-order valence-electron chi connectivity index (χ4n) is 1.85. The minimum Gasteiger partial charge on any atom is -0.493 e. The molecule has 0 radical (unpaired) electrons. The van der Waals surface area contributed by atoms with Crippen LogP contribution in [0.5, 0.6) is 11.5 Å². The van der Waals surface area contributed by atoms with Gasteiger partial charge in [0, 0.05) is 18.0 Å². The van der Waals surface area contributed by atoms with E-state index in [1.807, 2.05) is 0 Å². The molecule has 1 aromatic carbocycles. The molecule has 0 aliphatic rings. The van der Waals surface area contributed by atoms with Crippen molar-refractivity contribution >= 4 is 29.4 Å². The topological polar surface area (TPSA) is 128 Å². The fourth-order valence-corrected chi connectivity index (χ4v) is 2.12. The average Bonchev–Trinajstić information content (AvgIpc) is 2.50. The quantitative estimate of drug-likeness (QED) is 0.608. The fraction of sp³-hybridized carbons (Fsp3) is 0.400. The highest BCUT2D eigenvalue weighted by Gasteiger charge is 2.18. The van der Waals surface area contributed by atoms with E-state index in [1.165, 1.54) is 19.2 Å². The Morgan fingerprint density at radius 2 is 2.04 bits per heavy atom. The average molecular weight is 359 g/mol. The molecule has 0 aliphatic heterocycles. The van der Waals surface area contributed by atoms with Crippen molar-refractivity contribution in [3.05, 3.63) is 22.7 Å². The van der Waals surface area contributed by atoms with E-state index in [0.717, 1.165) is 0 Å². The summed E-state index contributed by atoms with van der Waals surface area (Å²) in [6, 6.07) is 2.44. The number of carboxylic acid groups (broad SMARTS) is 1. The molecule has 0 saturated heterocycles. The molecule has 132 valence electrons. The molecule has 1 unspecified atom stereocenters. The van der Waals surface area contributed by atoms with Crippen molar-refractivity contribution in [3.63, 3.8) is 0 Å². The number of methoxy groups -OCH3 is 1. The molecular formula is C15H19ClN2O6. The van der Waals surface area contributed by atoms with Crippen molar-refractivity contribution in [3.8, 4) is 11.5 Å². The van der Waals surface area contributed by atoms with Crippen LogP contribution in [0.15, 0.2) is 12.1 Å². The normalized spacial score (nSPS) is 11.5. The number of nitrogens with two attached hydrogens (primary N) is 1. The third-order valence-corrected chi connectivity index (χ3v) is 3.30. The molecule has 1 rings (SSSR count). The van der Waals surface area contributed by atoms with Gasteiger partial charge in [-0.15, -0.1) is 0 Å². The molecule has 24 heavy (non-hydrogen) atoms. The zero-order chi connectivity index (χ0) is 18.3. The van der Waals surface area contributed by atoms with Crippen LogP contribution in [0.3, 0.4) is 0 Å². The predicted molar refractivity (Wildman–Crippen MR) is 86.5 cm³/mol. The highest BCUT2D eigenvalue weighted by Crippen LogP contribution is 2.36. The van der Waals surface area contributed by atoms with Gasteiger partial charge in [0.25, 0.3) is 11.8 Å². The number of carbonyl (C=O) groups is 3. The largest absolute Gasteiger partial charge is 0.493 e. The predicted octanol–water partition coefficient (Wildman–Crippen LogP) is 1.20. The Labute approximate surface area is 143 Å². The molecular weight excluding hydrogens is 340 g/mol. The van der Waals surface area contributed by atoms with E-state index in [0.29, 0.717) is 6.42 Å². The summed E-state index contributed by atoms with van der Waals surface area (Å²) in [7, 11) is 1.36. The summed E-state index contributed by atoms with van der Waals surface area (Å²) in [6.45, 7) is 1.32. The van der Waals surface area contributed by atoms with Gasteiger partial charge < -0.3 is 25.6 Å². The molecule has 0 spiro atoms.